The summed E-state index contributed by atoms with van der Waals surface area (Å²) >= 11 is 0. The Morgan fingerprint density at radius 3 is 2.68 bits per heavy atom. The Labute approximate surface area is 136 Å². The minimum atomic E-state index is 0. The SMILES string of the molecule is Cl.Oc1c(CN2CCOCC2)ccc2c3c(oc12)CCCC3. The molecule has 1 aromatic heterocycles. The van der Waals surface area contributed by atoms with E-state index in [-0.39, 0.29) is 12.4 Å². The molecular weight excluding hydrogens is 302 g/mol. The molecule has 120 valence electrons. The largest absolute Gasteiger partial charge is 0.504 e. The van der Waals surface area contributed by atoms with Crippen molar-refractivity contribution >= 4 is 23.4 Å². The zero-order valence-electron chi connectivity index (χ0n) is 12.6. The molecule has 0 amide bonds. The molecule has 5 heteroatoms. The van der Waals surface area contributed by atoms with Crippen molar-refractivity contribution in [3.63, 3.8) is 0 Å². The van der Waals surface area contributed by atoms with Gasteiger partial charge in [-0.2, -0.15) is 0 Å². The molecule has 0 unspecified atom stereocenters. The van der Waals surface area contributed by atoms with E-state index in [1.807, 2.05) is 0 Å². The molecular formula is C17H22ClNO3. The van der Waals surface area contributed by atoms with Gasteiger partial charge in [-0.1, -0.05) is 12.1 Å². The summed E-state index contributed by atoms with van der Waals surface area (Å²) in [5.74, 6) is 1.41. The maximum atomic E-state index is 10.6. The van der Waals surface area contributed by atoms with Crippen molar-refractivity contribution in [1.29, 1.82) is 0 Å². The number of aryl methyl sites for hydroxylation is 2. The molecule has 1 saturated heterocycles. The summed E-state index contributed by atoms with van der Waals surface area (Å²) in [5.41, 5.74) is 2.95. The van der Waals surface area contributed by atoms with Crippen molar-refractivity contribution in [3.05, 3.63) is 29.0 Å². The topological polar surface area (TPSA) is 45.8 Å². The van der Waals surface area contributed by atoms with Crippen LogP contribution in [-0.4, -0.2) is 36.3 Å². The van der Waals surface area contributed by atoms with Gasteiger partial charge in [0.15, 0.2) is 11.3 Å². The predicted octanol–water partition coefficient (Wildman–Crippen LogP) is 3.27. The molecule has 4 rings (SSSR count). The number of furan rings is 1. The van der Waals surface area contributed by atoms with Crippen molar-refractivity contribution in [1.82, 2.24) is 4.90 Å². The quantitative estimate of drug-likeness (QED) is 0.921. The number of ether oxygens (including phenoxy) is 1. The first-order chi connectivity index (χ1) is 10.3. The number of halogens is 1. The second kappa shape index (κ2) is 6.49. The predicted molar refractivity (Wildman–Crippen MR) is 87.9 cm³/mol. The fourth-order valence-corrected chi connectivity index (χ4v) is 3.48. The van der Waals surface area contributed by atoms with E-state index >= 15 is 0 Å². The van der Waals surface area contributed by atoms with E-state index in [0.717, 1.165) is 62.4 Å². The zero-order valence-corrected chi connectivity index (χ0v) is 13.5. The summed E-state index contributed by atoms with van der Waals surface area (Å²) < 4.78 is 11.3. The molecule has 2 aliphatic rings. The van der Waals surface area contributed by atoms with Crippen molar-refractivity contribution in [3.8, 4) is 5.75 Å². The molecule has 1 aliphatic carbocycles. The molecule has 4 nitrogen and oxygen atoms in total. The van der Waals surface area contributed by atoms with Crippen LogP contribution in [-0.2, 0) is 24.1 Å². The number of hydrogen-bond acceptors (Lipinski definition) is 4. The van der Waals surface area contributed by atoms with Crippen LogP contribution in [0.1, 0.15) is 29.7 Å². The number of nitrogens with zero attached hydrogens (tertiary/aromatic N) is 1. The van der Waals surface area contributed by atoms with Gasteiger partial charge in [-0.05, 0) is 19.3 Å². The van der Waals surface area contributed by atoms with Gasteiger partial charge < -0.3 is 14.3 Å². The molecule has 22 heavy (non-hydrogen) atoms. The maximum Gasteiger partial charge on any atom is 0.176 e. The van der Waals surface area contributed by atoms with Gasteiger partial charge in [0.1, 0.15) is 5.76 Å². The second-order valence-corrected chi connectivity index (χ2v) is 6.05. The highest BCUT2D eigenvalue weighted by Crippen LogP contribution is 2.38. The number of aromatic hydroxyl groups is 1. The Morgan fingerprint density at radius 1 is 1.09 bits per heavy atom. The Bertz CT molecular complexity index is 661. The Kier molecular flexibility index (Phi) is 4.62. The van der Waals surface area contributed by atoms with Crippen molar-refractivity contribution in [2.24, 2.45) is 0 Å². The fourth-order valence-electron chi connectivity index (χ4n) is 3.48. The molecule has 1 aliphatic heterocycles. The number of phenols is 1. The third-order valence-electron chi connectivity index (χ3n) is 4.68. The molecule has 0 spiro atoms. The first kappa shape index (κ1) is 15.7. The normalized spacial score (nSPS) is 18.9. The number of hydrogen-bond donors (Lipinski definition) is 1. The van der Waals surface area contributed by atoms with Crippen LogP contribution in [0.3, 0.4) is 0 Å². The molecule has 2 heterocycles. The lowest BCUT2D eigenvalue weighted by Crippen LogP contribution is -2.35. The summed E-state index contributed by atoms with van der Waals surface area (Å²) in [5, 5.41) is 11.7. The summed E-state index contributed by atoms with van der Waals surface area (Å²) in [4.78, 5) is 2.31. The summed E-state index contributed by atoms with van der Waals surface area (Å²) in [6.07, 6.45) is 4.49. The van der Waals surface area contributed by atoms with Gasteiger partial charge >= 0.3 is 0 Å². The smallest absolute Gasteiger partial charge is 0.176 e. The monoisotopic (exact) mass is 323 g/mol. The summed E-state index contributed by atoms with van der Waals surface area (Å²) in [6, 6.07) is 4.18. The highest BCUT2D eigenvalue weighted by atomic mass is 35.5. The van der Waals surface area contributed by atoms with E-state index in [9.17, 15) is 5.11 Å². The molecule has 1 N–H and O–H groups in total. The summed E-state index contributed by atoms with van der Waals surface area (Å²) in [6.45, 7) is 4.16. The summed E-state index contributed by atoms with van der Waals surface area (Å²) in [7, 11) is 0. The Balaban J connectivity index is 0.00000144. The molecule has 0 radical (unpaired) electrons. The van der Waals surface area contributed by atoms with E-state index in [1.165, 1.54) is 18.4 Å². The number of benzene rings is 1. The van der Waals surface area contributed by atoms with Gasteiger partial charge in [0, 0.05) is 42.6 Å². The van der Waals surface area contributed by atoms with E-state index in [0.29, 0.717) is 11.3 Å². The number of phenolic OH excluding ortho intramolecular Hbond substituents is 1. The lowest BCUT2D eigenvalue weighted by Gasteiger charge is -2.26. The molecule has 1 aromatic carbocycles. The van der Waals surface area contributed by atoms with E-state index in [4.69, 9.17) is 9.15 Å². The third kappa shape index (κ3) is 2.71. The van der Waals surface area contributed by atoms with E-state index in [2.05, 4.69) is 17.0 Å². The van der Waals surface area contributed by atoms with Gasteiger partial charge in [0.05, 0.1) is 13.2 Å². The fraction of sp³-hybridized carbons (Fsp3) is 0.529. The lowest BCUT2D eigenvalue weighted by molar-refractivity contribution is 0.0339. The highest BCUT2D eigenvalue weighted by molar-refractivity contribution is 5.88. The van der Waals surface area contributed by atoms with Crippen LogP contribution in [0.25, 0.3) is 11.0 Å². The average Bonchev–Trinajstić information content (AvgIpc) is 2.91. The number of fused-ring (bicyclic) bond motifs is 3. The Morgan fingerprint density at radius 2 is 1.86 bits per heavy atom. The van der Waals surface area contributed by atoms with Crippen molar-refractivity contribution in [2.45, 2.75) is 32.2 Å². The van der Waals surface area contributed by atoms with Gasteiger partial charge in [-0.3, -0.25) is 4.90 Å². The number of morpholine rings is 1. The van der Waals surface area contributed by atoms with Crippen LogP contribution in [0.2, 0.25) is 0 Å². The van der Waals surface area contributed by atoms with Crippen LogP contribution in [0.15, 0.2) is 16.5 Å². The molecule has 0 bridgehead atoms. The lowest BCUT2D eigenvalue weighted by atomic mass is 9.95. The van der Waals surface area contributed by atoms with Gasteiger partial charge in [0.25, 0.3) is 0 Å². The minimum absolute atomic E-state index is 0. The van der Waals surface area contributed by atoms with Gasteiger partial charge in [-0.25, -0.2) is 0 Å². The van der Waals surface area contributed by atoms with Crippen LogP contribution < -0.4 is 0 Å². The van der Waals surface area contributed by atoms with Gasteiger partial charge in [0.2, 0.25) is 0 Å². The van der Waals surface area contributed by atoms with E-state index in [1.54, 1.807) is 0 Å². The molecule has 0 atom stereocenters. The Hall–Kier alpha value is -1.23. The number of rotatable bonds is 2. The first-order valence-corrected chi connectivity index (χ1v) is 7.88. The van der Waals surface area contributed by atoms with Crippen LogP contribution in [0, 0.1) is 0 Å². The molecule has 2 aromatic rings. The second-order valence-electron chi connectivity index (χ2n) is 6.05. The van der Waals surface area contributed by atoms with Crippen LogP contribution in [0.4, 0.5) is 0 Å². The molecule has 0 saturated carbocycles. The average molecular weight is 324 g/mol. The van der Waals surface area contributed by atoms with Crippen LogP contribution >= 0.6 is 12.4 Å². The van der Waals surface area contributed by atoms with E-state index < -0.39 is 0 Å². The maximum absolute atomic E-state index is 10.6. The third-order valence-corrected chi connectivity index (χ3v) is 4.68. The molecule has 1 fully saturated rings. The van der Waals surface area contributed by atoms with Gasteiger partial charge in [-0.15, -0.1) is 12.4 Å². The standard InChI is InChI=1S/C17H21NO3.ClH/c19-16-12(11-18-7-9-20-10-8-18)5-6-14-13-3-1-2-4-15(13)21-17(14)16;/h5-6,19H,1-4,7-11H2;1H. The first-order valence-electron chi connectivity index (χ1n) is 7.88. The highest BCUT2D eigenvalue weighted by Gasteiger charge is 2.22. The van der Waals surface area contributed by atoms with Crippen LogP contribution in [0.5, 0.6) is 5.75 Å². The van der Waals surface area contributed by atoms with Crippen molar-refractivity contribution in [2.75, 3.05) is 26.3 Å². The zero-order chi connectivity index (χ0) is 14.2. The van der Waals surface area contributed by atoms with Crippen molar-refractivity contribution < 1.29 is 14.3 Å². The minimum Gasteiger partial charge on any atom is -0.504 e.